The summed E-state index contributed by atoms with van der Waals surface area (Å²) in [5.41, 5.74) is 4.60. The van der Waals surface area contributed by atoms with E-state index in [9.17, 15) is 0 Å². The van der Waals surface area contributed by atoms with Gasteiger partial charge in [-0.25, -0.2) is 10.8 Å². The van der Waals surface area contributed by atoms with Crippen molar-refractivity contribution >= 4 is 32.8 Å². The summed E-state index contributed by atoms with van der Waals surface area (Å²) in [4.78, 5) is 0. The van der Waals surface area contributed by atoms with Crippen LogP contribution in [0.5, 0.6) is 0 Å². The molecule has 0 fully saturated rings. The van der Waals surface area contributed by atoms with E-state index in [0.717, 1.165) is 0 Å². The number of benzene rings is 2. The fraction of sp³-hybridized carbons (Fsp3) is 0.471. The zero-order valence-corrected chi connectivity index (χ0v) is 30.9. The van der Waals surface area contributed by atoms with Crippen LogP contribution in [0.2, 0.25) is 19.6 Å². The SMILES string of the molecule is CC(C)(C)c1ccc2[cH-]c3ccc(C(C)(C)C)cc3c2c1.CC1=[C-]C(C)C=C1[Si](C)(C)C.C[C](C)=[Zr+2].[Cl-].[Cl-]. The predicted octanol–water partition coefficient (Wildman–Crippen LogP) is 4.25. The van der Waals surface area contributed by atoms with Gasteiger partial charge in [-0.15, -0.1) is 39.7 Å². The van der Waals surface area contributed by atoms with Gasteiger partial charge < -0.3 is 24.8 Å². The van der Waals surface area contributed by atoms with Gasteiger partial charge in [-0.2, -0.15) is 6.08 Å². The number of hydrogen-bond donors (Lipinski definition) is 0. The van der Waals surface area contributed by atoms with E-state index in [0.29, 0.717) is 5.92 Å². The van der Waals surface area contributed by atoms with E-state index in [2.05, 4.69) is 143 Å². The first-order valence-electron chi connectivity index (χ1n) is 13.3. The fourth-order valence-corrected chi connectivity index (χ4v) is 6.53. The van der Waals surface area contributed by atoms with E-state index in [4.69, 9.17) is 0 Å². The maximum Gasteiger partial charge on any atom is -1.00 e. The molecule has 0 spiro atoms. The molecule has 0 heterocycles. The van der Waals surface area contributed by atoms with Crippen molar-refractivity contribution < 1.29 is 49.0 Å². The minimum atomic E-state index is -1.07. The number of allylic oxidation sites excluding steroid dienone is 4. The Bertz CT molecular complexity index is 1220. The summed E-state index contributed by atoms with van der Waals surface area (Å²) in [6.45, 7) is 29.5. The van der Waals surface area contributed by atoms with Crippen molar-refractivity contribution in [3.63, 3.8) is 0 Å². The Hall–Kier alpha value is -0.660. The Labute approximate surface area is 262 Å². The molecule has 4 rings (SSSR count). The van der Waals surface area contributed by atoms with Crippen molar-refractivity contribution in [3.8, 4) is 0 Å². The summed E-state index contributed by atoms with van der Waals surface area (Å²) in [7, 11) is -1.07. The van der Waals surface area contributed by atoms with Gasteiger partial charge in [-0.3, -0.25) is 6.08 Å². The number of hydrogen-bond acceptors (Lipinski definition) is 0. The monoisotopic (exact) mass is 644 g/mol. The van der Waals surface area contributed by atoms with Gasteiger partial charge >= 0.3 is 41.3 Å². The third-order valence-electron chi connectivity index (χ3n) is 6.51. The predicted molar refractivity (Wildman–Crippen MR) is 164 cm³/mol. The molecular formula is C34H48Cl2SiZr-2. The fourth-order valence-electron chi connectivity index (χ4n) is 4.58. The van der Waals surface area contributed by atoms with Gasteiger partial charge in [0.15, 0.2) is 0 Å². The summed E-state index contributed by atoms with van der Waals surface area (Å²) < 4.78 is 1.51. The number of halogens is 2. The Morgan fingerprint density at radius 2 is 1.18 bits per heavy atom. The molecular weight excluding hydrogens is 599 g/mol. The average molecular weight is 647 g/mol. The molecule has 0 bridgehead atoms. The molecule has 0 saturated carbocycles. The van der Waals surface area contributed by atoms with Gasteiger partial charge in [-0.05, 0) is 18.9 Å². The summed E-state index contributed by atoms with van der Waals surface area (Å²) in [6, 6.07) is 16.1. The topological polar surface area (TPSA) is 0 Å². The Balaban J connectivity index is 0.000000684. The van der Waals surface area contributed by atoms with Crippen LogP contribution in [0.1, 0.15) is 80.4 Å². The van der Waals surface area contributed by atoms with E-state index >= 15 is 0 Å². The molecule has 1 aliphatic carbocycles. The number of rotatable bonds is 1. The molecule has 4 heteroatoms. The second-order valence-electron chi connectivity index (χ2n) is 13.6. The first-order chi connectivity index (χ1) is 16.3. The van der Waals surface area contributed by atoms with Crippen molar-refractivity contribution in [2.24, 2.45) is 5.92 Å². The first-order valence-corrected chi connectivity index (χ1v) is 18.0. The van der Waals surface area contributed by atoms with Crippen molar-refractivity contribution in [3.05, 3.63) is 76.5 Å². The second kappa shape index (κ2) is 14.3. The quantitative estimate of drug-likeness (QED) is 0.274. The van der Waals surface area contributed by atoms with Crippen molar-refractivity contribution in [2.45, 2.75) is 99.7 Å². The van der Waals surface area contributed by atoms with Gasteiger partial charge in [0.25, 0.3) is 0 Å². The van der Waals surface area contributed by atoms with Crippen molar-refractivity contribution in [2.75, 3.05) is 0 Å². The maximum absolute atomic E-state index is 3.43. The molecule has 0 aliphatic heterocycles. The van der Waals surface area contributed by atoms with Crippen molar-refractivity contribution in [1.29, 1.82) is 0 Å². The summed E-state index contributed by atoms with van der Waals surface area (Å²) in [5, 5.41) is 7.09. The normalized spacial score (nSPS) is 15.3. The zero-order chi connectivity index (χ0) is 27.6. The van der Waals surface area contributed by atoms with Gasteiger partial charge in [0.2, 0.25) is 0 Å². The van der Waals surface area contributed by atoms with E-state index < -0.39 is 8.07 Å². The van der Waals surface area contributed by atoms with Crippen LogP contribution in [0.15, 0.2) is 59.3 Å². The molecule has 3 aromatic carbocycles. The Morgan fingerprint density at radius 1 is 0.816 bits per heavy atom. The first kappa shape index (κ1) is 37.3. The summed E-state index contributed by atoms with van der Waals surface area (Å²) in [6.07, 6.45) is 5.81. The molecule has 38 heavy (non-hydrogen) atoms. The molecule has 1 atom stereocenters. The third kappa shape index (κ3) is 10.4. The standard InChI is InChI=1S/C21H25.C10H17Si.C3H6.2ClH.Zr/c1-20(2,3)16-9-7-14-11-15-8-10-17(21(4,5)6)13-19(15)18(14)12-16;1-8-6-9(2)10(7-8)11(3,4)5;1-3-2;;;/h7-13H,1-6H3;7-8H,1-5H3;1-2H3;2*1H;/q2*-1;;;;+2/p-2. The molecule has 0 radical (unpaired) electrons. The van der Waals surface area contributed by atoms with Crippen LogP contribution >= 0.6 is 0 Å². The van der Waals surface area contributed by atoms with Gasteiger partial charge in [0.05, 0.1) is 0 Å². The van der Waals surface area contributed by atoms with Gasteiger partial charge in [0.1, 0.15) is 0 Å². The molecule has 0 nitrogen and oxygen atoms in total. The second-order valence-corrected chi connectivity index (χ2v) is 21.1. The Kier molecular flexibility index (Phi) is 14.0. The Morgan fingerprint density at radius 3 is 1.42 bits per heavy atom. The van der Waals surface area contributed by atoms with Gasteiger partial charge in [0, 0.05) is 0 Å². The van der Waals surface area contributed by atoms with E-state index in [-0.39, 0.29) is 35.6 Å². The van der Waals surface area contributed by atoms with Crippen LogP contribution in [-0.2, 0) is 35.1 Å². The third-order valence-corrected chi connectivity index (χ3v) is 8.67. The van der Waals surface area contributed by atoms with Crippen LogP contribution in [-0.4, -0.2) is 11.3 Å². The minimum absolute atomic E-state index is 0. The molecule has 1 aliphatic rings. The smallest absolute Gasteiger partial charge is 1.00 e. The van der Waals surface area contributed by atoms with Crippen molar-refractivity contribution in [1.82, 2.24) is 0 Å². The van der Waals surface area contributed by atoms with Crippen LogP contribution in [0.25, 0.3) is 21.5 Å². The zero-order valence-electron chi connectivity index (χ0n) is 26.0. The molecule has 3 aromatic rings. The van der Waals surface area contributed by atoms with Crippen LogP contribution in [0.4, 0.5) is 0 Å². The van der Waals surface area contributed by atoms with E-state index in [1.54, 1.807) is 29.4 Å². The van der Waals surface area contributed by atoms with E-state index in [1.807, 2.05) is 0 Å². The molecule has 0 N–H and O–H groups in total. The van der Waals surface area contributed by atoms with Crippen LogP contribution in [0, 0.1) is 12.0 Å². The molecule has 0 aromatic heterocycles. The van der Waals surface area contributed by atoms with Crippen LogP contribution in [0.3, 0.4) is 0 Å². The van der Waals surface area contributed by atoms with Crippen LogP contribution < -0.4 is 24.8 Å². The maximum atomic E-state index is 3.43. The molecule has 0 saturated heterocycles. The van der Waals surface area contributed by atoms with Gasteiger partial charge in [-0.1, -0.05) is 116 Å². The van der Waals surface area contributed by atoms with E-state index in [1.165, 1.54) is 41.5 Å². The summed E-state index contributed by atoms with van der Waals surface area (Å²) >= 11 is 1.55. The molecule has 1 unspecified atom stereocenters. The average Bonchev–Trinajstić information content (AvgIpc) is 3.24. The largest absolute Gasteiger partial charge is 1.00 e. The minimum Gasteiger partial charge on any atom is -1.00 e. The number of fused-ring (bicyclic) bond motifs is 3. The molecule has 0 amide bonds. The molecule has 208 valence electrons. The summed E-state index contributed by atoms with van der Waals surface area (Å²) in [5.74, 6) is 0.553.